The number of nitrogens with zero attached hydrogens (tertiary/aromatic N) is 1. The number of carbonyl (C=O) groups excluding carboxylic acids is 2. The van der Waals surface area contributed by atoms with Crippen molar-refractivity contribution in [2.45, 2.75) is 45.6 Å². The van der Waals surface area contributed by atoms with Gasteiger partial charge in [-0.15, -0.1) is 0 Å². The fraction of sp³-hybridized carbons (Fsp3) is 0.417. The Balaban J connectivity index is 1.57. The molecule has 2 aromatic carbocycles. The van der Waals surface area contributed by atoms with Crippen LogP contribution in [0.5, 0.6) is 5.75 Å². The standard InChI is InChI=1S/C24H27F2NO3/c1-15(2)18-5-4-6-20(13-18)30-16(3)24(29)27-11-9-17(10-12-27)23(28)21-14-19(25)7-8-22(21)26/h4-8,13-17H,9-12H2,1-3H3. The lowest BCUT2D eigenvalue weighted by Gasteiger charge is -2.33. The van der Waals surface area contributed by atoms with Crippen molar-refractivity contribution < 1.29 is 23.1 Å². The fourth-order valence-corrected chi connectivity index (χ4v) is 3.73. The molecule has 1 saturated heterocycles. The van der Waals surface area contributed by atoms with Gasteiger partial charge in [-0.1, -0.05) is 26.0 Å². The van der Waals surface area contributed by atoms with Crippen LogP contribution >= 0.6 is 0 Å². The molecule has 0 aliphatic carbocycles. The lowest BCUT2D eigenvalue weighted by Crippen LogP contribution is -2.45. The zero-order chi connectivity index (χ0) is 21.8. The predicted octanol–water partition coefficient (Wildman–Crippen LogP) is 4.98. The Kier molecular flexibility index (Phi) is 6.85. The number of hydrogen-bond acceptors (Lipinski definition) is 3. The minimum atomic E-state index is -0.717. The summed E-state index contributed by atoms with van der Waals surface area (Å²) in [6, 6.07) is 10.6. The van der Waals surface area contributed by atoms with Gasteiger partial charge in [-0.2, -0.15) is 0 Å². The number of hydrogen-bond donors (Lipinski definition) is 0. The topological polar surface area (TPSA) is 46.6 Å². The van der Waals surface area contributed by atoms with Crippen LogP contribution in [0.15, 0.2) is 42.5 Å². The van der Waals surface area contributed by atoms with Crippen LogP contribution in [0.3, 0.4) is 0 Å². The molecule has 0 radical (unpaired) electrons. The Bertz CT molecular complexity index is 920. The SMILES string of the molecule is CC(Oc1cccc(C(C)C)c1)C(=O)N1CCC(C(=O)c2cc(F)ccc2F)CC1. The number of halogens is 2. The second kappa shape index (κ2) is 9.37. The lowest BCUT2D eigenvalue weighted by molar-refractivity contribution is -0.139. The normalized spacial score (nSPS) is 15.9. The van der Waals surface area contributed by atoms with Gasteiger partial charge >= 0.3 is 0 Å². The van der Waals surface area contributed by atoms with Crippen LogP contribution in [0.1, 0.15) is 55.5 Å². The van der Waals surface area contributed by atoms with Crippen molar-refractivity contribution in [3.8, 4) is 5.75 Å². The van der Waals surface area contributed by atoms with E-state index < -0.39 is 29.4 Å². The molecule has 1 amide bonds. The highest BCUT2D eigenvalue weighted by Gasteiger charge is 2.31. The van der Waals surface area contributed by atoms with E-state index in [1.54, 1.807) is 11.8 Å². The van der Waals surface area contributed by atoms with E-state index in [1.165, 1.54) is 0 Å². The van der Waals surface area contributed by atoms with Crippen molar-refractivity contribution >= 4 is 11.7 Å². The number of ketones is 1. The van der Waals surface area contributed by atoms with Gasteiger partial charge in [0.05, 0.1) is 5.56 Å². The molecule has 2 aromatic rings. The summed E-state index contributed by atoms with van der Waals surface area (Å²) < 4.78 is 33.1. The second-order valence-electron chi connectivity index (χ2n) is 8.08. The van der Waals surface area contributed by atoms with Gasteiger partial charge in [0.1, 0.15) is 17.4 Å². The Morgan fingerprint density at radius 3 is 2.40 bits per heavy atom. The fourth-order valence-electron chi connectivity index (χ4n) is 3.73. The van der Waals surface area contributed by atoms with Crippen LogP contribution < -0.4 is 4.74 Å². The van der Waals surface area contributed by atoms with Gasteiger partial charge in [-0.25, -0.2) is 8.78 Å². The van der Waals surface area contributed by atoms with Gasteiger partial charge in [0, 0.05) is 19.0 Å². The van der Waals surface area contributed by atoms with Gasteiger partial charge in [0.25, 0.3) is 5.91 Å². The Morgan fingerprint density at radius 2 is 1.73 bits per heavy atom. The first-order valence-corrected chi connectivity index (χ1v) is 10.3. The molecule has 4 nitrogen and oxygen atoms in total. The summed E-state index contributed by atoms with van der Waals surface area (Å²) >= 11 is 0. The van der Waals surface area contributed by atoms with Crippen LogP contribution in [0, 0.1) is 17.6 Å². The van der Waals surface area contributed by atoms with Crippen LogP contribution in [-0.4, -0.2) is 35.8 Å². The Labute approximate surface area is 175 Å². The summed E-state index contributed by atoms with van der Waals surface area (Å²) in [5, 5.41) is 0. The third-order valence-corrected chi connectivity index (χ3v) is 5.56. The largest absolute Gasteiger partial charge is 0.481 e. The van der Waals surface area contributed by atoms with Crippen LogP contribution in [-0.2, 0) is 4.79 Å². The number of Topliss-reactive ketones (excluding diaryl/α,β-unsaturated/α-hetero) is 1. The highest BCUT2D eigenvalue weighted by Crippen LogP contribution is 2.25. The maximum atomic E-state index is 13.9. The summed E-state index contributed by atoms with van der Waals surface area (Å²) in [6.45, 7) is 6.66. The van der Waals surface area contributed by atoms with Crippen molar-refractivity contribution in [3.63, 3.8) is 0 Å². The molecule has 160 valence electrons. The van der Waals surface area contributed by atoms with E-state index in [0.29, 0.717) is 37.6 Å². The van der Waals surface area contributed by atoms with E-state index in [4.69, 9.17) is 4.74 Å². The van der Waals surface area contributed by atoms with Crippen molar-refractivity contribution in [1.82, 2.24) is 4.90 Å². The maximum absolute atomic E-state index is 13.9. The van der Waals surface area contributed by atoms with Gasteiger partial charge in [0.15, 0.2) is 11.9 Å². The minimum absolute atomic E-state index is 0.146. The number of rotatable bonds is 6. The van der Waals surface area contributed by atoms with Crippen LogP contribution in [0.4, 0.5) is 8.78 Å². The average molecular weight is 415 g/mol. The second-order valence-corrected chi connectivity index (χ2v) is 8.08. The lowest BCUT2D eigenvalue weighted by atomic mass is 9.88. The summed E-state index contributed by atoms with van der Waals surface area (Å²) in [4.78, 5) is 27.0. The highest BCUT2D eigenvalue weighted by molar-refractivity contribution is 5.98. The number of carbonyl (C=O) groups is 2. The molecule has 6 heteroatoms. The zero-order valence-corrected chi connectivity index (χ0v) is 17.5. The zero-order valence-electron chi connectivity index (χ0n) is 17.5. The van der Waals surface area contributed by atoms with E-state index in [1.807, 2.05) is 24.3 Å². The highest BCUT2D eigenvalue weighted by atomic mass is 19.1. The molecule has 1 unspecified atom stereocenters. The van der Waals surface area contributed by atoms with Gasteiger partial charge in [0.2, 0.25) is 0 Å². The molecule has 0 spiro atoms. The molecule has 0 saturated carbocycles. The summed E-state index contributed by atoms with van der Waals surface area (Å²) in [5.74, 6) is -1.33. The molecule has 1 aliphatic heterocycles. The molecule has 30 heavy (non-hydrogen) atoms. The quantitative estimate of drug-likeness (QED) is 0.626. The number of ether oxygens (including phenoxy) is 1. The van der Waals surface area contributed by atoms with E-state index in [2.05, 4.69) is 13.8 Å². The number of piperidine rings is 1. The molecule has 1 fully saturated rings. The van der Waals surface area contributed by atoms with Crippen molar-refractivity contribution in [2.75, 3.05) is 13.1 Å². The molecule has 0 N–H and O–H groups in total. The predicted molar refractivity (Wildman–Crippen MR) is 111 cm³/mol. The third-order valence-electron chi connectivity index (χ3n) is 5.56. The molecular formula is C24H27F2NO3. The van der Waals surface area contributed by atoms with Crippen molar-refractivity contribution in [1.29, 1.82) is 0 Å². The first kappa shape index (κ1) is 21.9. The maximum Gasteiger partial charge on any atom is 0.263 e. The monoisotopic (exact) mass is 415 g/mol. The van der Waals surface area contributed by atoms with E-state index in [0.717, 1.165) is 23.8 Å². The summed E-state index contributed by atoms with van der Waals surface area (Å²) in [5.41, 5.74) is 0.914. The first-order valence-electron chi connectivity index (χ1n) is 10.3. The van der Waals surface area contributed by atoms with Crippen LogP contribution in [0.25, 0.3) is 0 Å². The molecule has 0 aromatic heterocycles. The number of amides is 1. The van der Waals surface area contributed by atoms with Crippen molar-refractivity contribution in [2.24, 2.45) is 5.92 Å². The van der Waals surface area contributed by atoms with Gasteiger partial charge < -0.3 is 9.64 Å². The van der Waals surface area contributed by atoms with Gasteiger partial charge in [-0.05, 0) is 61.6 Å². The molecule has 1 aliphatic rings. The molecule has 1 heterocycles. The number of likely N-dealkylation sites (tertiary alicyclic amines) is 1. The van der Waals surface area contributed by atoms with Gasteiger partial charge in [-0.3, -0.25) is 9.59 Å². The Hall–Kier alpha value is -2.76. The summed E-state index contributed by atoms with van der Waals surface area (Å²) in [6.07, 6.45) is 0.173. The smallest absolute Gasteiger partial charge is 0.263 e. The molecule has 3 rings (SSSR count). The molecule has 1 atom stereocenters. The summed E-state index contributed by atoms with van der Waals surface area (Å²) in [7, 11) is 0. The minimum Gasteiger partial charge on any atom is -0.481 e. The third kappa shape index (κ3) is 5.04. The first-order chi connectivity index (χ1) is 14.3. The van der Waals surface area contributed by atoms with E-state index in [-0.39, 0.29) is 11.5 Å². The van der Waals surface area contributed by atoms with Crippen LogP contribution in [0.2, 0.25) is 0 Å². The number of benzene rings is 2. The Morgan fingerprint density at radius 1 is 1.03 bits per heavy atom. The molecular weight excluding hydrogens is 388 g/mol. The van der Waals surface area contributed by atoms with E-state index in [9.17, 15) is 18.4 Å². The van der Waals surface area contributed by atoms with E-state index >= 15 is 0 Å². The molecule has 0 bridgehead atoms. The average Bonchev–Trinajstić information content (AvgIpc) is 2.74. The van der Waals surface area contributed by atoms with Crippen molar-refractivity contribution in [3.05, 3.63) is 65.2 Å².